The van der Waals surface area contributed by atoms with Crippen molar-refractivity contribution in [1.82, 2.24) is 10.6 Å². The molecule has 2 N–H and O–H groups in total. The quantitative estimate of drug-likeness (QED) is 0.326. The minimum atomic E-state index is -1.05. The first kappa shape index (κ1) is 21.5. The number of esters is 1. The maximum Gasteiger partial charge on any atom is 0.338 e. The lowest BCUT2D eigenvalue weighted by Gasteiger charge is -2.31. The molecular formula is C17H31BN2O5. The summed E-state index contributed by atoms with van der Waals surface area (Å²) in [5.41, 5.74) is -1.05. The van der Waals surface area contributed by atoms with Gasteiger partial charge in [-0.25, -0.2) is 4.79 Å². The van der Waals surface area contributed by atoms with Crippen molar-refractivity contribution < 1.29 is 23.9 Å². The van der Waals surface area contributed by atoms with Crippen LogP contribution in [-0.4, -0.2) is 56.4 Å². The Bertz CT molecular complexity index is 497. The lowest BCUT2D eigenvalue weighted by Crippen LogP contribution is -2.61. The molecule has 0 aromatic heterocycles. The summed E-state index contributed by atoms with van der Waals surface area (Å²) in [5.74, 6) is -0.531. The topological polar surface area (TPSA) is 97.0 Å². The molecular weight excluding hydrogens is 323 g/mol. The van der Waals surface area contributed by atoms with Crippen molar-refractivity contribution in [2.24, 2.45) is 11.8 Å². The Kier molecular flexibility index (Phi) is 7.92. The van der Waals surface area contributed by atoms with Gasteiger partial charge in [0.2, 0.25) is 5.91 Å². The summed E-state index contributed by atoms with van der Waals surface area (Å²) in [6, 6.07) is 0. The van der Waals surface area contributed by atoms with Gasteiger partial charge in [0.1, 0.15) is 7.85 Å². The molecule has 1 aliphatic rings. The predicted octanol–water partition coefficient (Wildman–Crippen LogP) is -0.0291. The van der Waals surface area contributed by atoms with E-state index in [0.29, 0.717) is 18.9 Å². The van der Waals surface area contributed by atoms with Crippen molar-refractivity contribution in [3.63, 3.8) is 0 Å². The van der Waals surface area contributed by atoms with Gasteiger partial charge in [-0.3, -0.25) is 9.59 Å². The normalized spacial score (nSPS) is 21.6. The van der Waals surface area contributed by atoms with Gasteiger partial charge < -0.3 is 20.1 Å². The molecule has 1 rings (SSSR count). The van der Waals surface area contributed by atoms with Crippen LogP contribution in [0.1, 0.15) is 47.5 Å². The fourth-order valence-corrected chi connectivity index (χ4v) is 2.74. The average Bonchev–Trinajstić information content (AvgIpc) is 3.26. The van der Waals surface area contributed by atoms with Crippen LogP contribution in [0.4, 0.5) is 0 Å². The van der Waals surface area contributed by atoms with Gasteiger partial charge in [-0.05, 0) is 31.6 Å². The van der Waals surface area contributed by atoms with E-state index in [1.54, 1.807) is 14.8 Å². The number of ether oxygens (including phenoxy) is 2. The van der Waals surface area contributed by atoms with Crippen LogP contribution in [0.2, 0.25) is 0 Å². The van der Waals surface area contributed by atoms with E-state index in [9.17, 15) is 14.4 Å². The summed E-state index contributed by atoms with van der Waals surface area (Å²) < 4.78 is 9.96. The van der Waals surface area contributed by atoms with Crippen molar-refractivity contribution in [2.45, 2.75) is 65.1 Å². The number of hydrogen-bond donors (Lipinski definition) is 2. The summed E-state index contributed by atoms with van der Waals surface area (Å²) in [6.45, 7) is 10.6. The molecule has 2 amide bonds. The molecule has 0 radical (unpaired) electrons. The second-order valence-corrected chi connectivity index (χ2v) is 7.59. The van der Waals surface area contributed by atoms with E-state index in [1.165, 1.54) is 0 Å². The number of carbonyl (C=O) groups is 3. The molecule has 1 aliphatic heterocycles. The van der Waals surface area contributed by atoms with Gasteiger partial charge in [-0.15, -0.1) is 0 Å². The van der Waals surface area contributed by atoms with Gasteiger partial charge in [0.05, 0.1) is 12.0 Å². The van der Waals surface area contributed by atoms with Crippen molar-refractivity contribution in [2.75, 3.05) is 13.2 Å². The lowest BCUT2D eigenvalue weighted by atomic mass is 9.71. The summed E-state index contributed by atoms with van der Waals surface area (Å²) in [4.78, 5) is 36.6. The third-order valence-electron chi connectivity index (χ3n) is 3.99. The molecule has 0 aromatic carbocycles. The largest absolute Gasteiger partial charge is 0.464 e. The molecule has 25 heavy (non-hydrogen) atoms. The van der Waals surface area contributed by atoms with Crippen LogP contribution in [-0.2, 0) is 23.9 Å². The Labute approximate surface area is 151 Å². The summed E-state index contributed by atoms with van der Waals surface area (Å²) >= 11 is 0. The van der Waals surface area contributed by atoms with Crippen LogP contribution in [0, 0.1) is 11.8 Å². The zero-order valence-corrected chi connectivity index (χ0v) is 16.2. The molecule has 0 saturated carbocycles. The standard InChI is InChI=1S/C17H31BN2O5/c1-6-24-15(22)13-12(25-13)14(21)20-17(18,9-11(4)5)16(23)19-8-7-10(2)3/h10-13H,6-9,18H2,1-5H3,(H,19,23)(H,20,21)/t12-,13-,17?/m0/s1. The molecule has 8 heteroatoms. The lowest BCUT2D eigenvalue weighted by molar-refractivity contribution is -0.144. The fraction of sp³-hybridized carbons (Fsp3) is 0.824. The number of amides is 2. The Morgan fingerprint density at radius 3 is 2.32 bits per heavy atom. The van der Waals surface area contributed by atoms with Crippen LogP contribution < -0.4 is 10.6 Å². The van der Waals surface area contributed by atoms with E-state index in [1.807, 2.05) is 13.8 Å². The molecule has 0 bridgehead atoms. The molecule has 7 nitrogen and oxygen atoms in total. The summed E-state index contributed by atoms with van der Waals surface area (Å²) in [7, 11) is 1.71. The van der Waals surface area contributed by atoms with E-state index in [0.717, 1.165) is 6.42 Å². The molecule has 1 unspecified atom stereocenters. The average molecular weight is 354 g/mol. The molecule has 0 spiro atoms. The van der Waals surface area contributed by atoms with E-state index in [-0.39, 0.29) is 18.4 Å². The summed E-state index contributed by atoms with van der Waals surface area (Å²) in [6.07, 6.45) is -0.391. The second kappa shape index (κ2) is 9.22. The predicted molar refractivity (Wildman–Crippen MR) is 96.6 cm³/mol. The van der Waals surface area contributed by atoms with Crippen LogP contribution in [0.5, 0.6) is 0 Å². The van der Waals surface area contributed by atoms with Crippen molar-refractivity contribution in [3.05, 3.63) is 0 Å². The van der Waals surface area contributed by atoms with E-state index < -0.39 is 29.5 Å². The maximum absolute atomic E-state index is 12.6. The van der Waals surface area contributed by atoms with Crippen LogP contribution in [0.15, 0.2) is 0 Å². The Morgan fingerprint density at radius 2 is 1.80 bits per heavy atom. The van der Waals surface area contributed by atoms with Gasteiger partial charge >= 0.3 is 5.97 Å². The summed E-state index contributed by atoms with van der Waals surface area (Å²) in [5, 5.41) is 5.66. The fourth-order valence-electron chi connectivity index (χ4n) is 2.74. The number of carbonyl (C=O) groups excluding carboxylic acids is 3. The molecule has 0 aliphatic carbocycles. The molecule has 142 valence electrons. The van der Waals surface area contributed by atoms with Crippen LogP contribution in [0.25, 0.3) is 0 Å². The highest BCUT2D eigenvalue weighted by molar-refractivity contribution is 6.29. The highest BCUT2D eigenvalue weighted by atomic mass is 16.6. The van der Waals surface area contributed by atoms with Gasteiger partial charge in [-0.1, -0.05) is 27.7 Å². The van der Waals surface area contributed by atoms with Crippen molar-refractivity contribution in [3.8, 4) is 0 Å². The molecule has 1 saturated heterocycles. The highest BCUT2D eigenvalue weighted by Crippen LogP contribution is 2.25. The minimum Gasteiger partial charge on any atom is -0.464 e. The van der Waals surface area contributed by atoms with Crippen LogP contribution >= 0.6 is 0 Å². The number of hydrogen-bond acceptors (Lipinski definition) is 5. The van der Waals surface area contributed by atoms with Crippen molar-refractivity contribution >= 4 is 25.6 Å². The Hall–Kier alpha value is -1.57. The molecule has 1 heterocycles. The second-order valence-electron chi connectivity index (χ2n) is 7.59. The Morgan fingerprint density at radius 1 is 1.16 bits per heavy atom. The van der Waals surface area contributed by atoms with Gasteiger partial charge in [0.15, 0.2) is 12.2 Å². The first-order chi connectivity index (χ1) is 11.6. The van der Waals surface area contributed by atoms with Gasteiger partial charge in [0.25, 0.3) is 5.91 Å². The van der Waals surface area contributed by atoms with E-state index in [4.69, 9.17) is 9.47 Å². The first-order valence-electron chi connectivity index (χ1n) is 9.03. The smallest absolute Gasteiger partial charge is 0.338 e. The number of epoxide rings is 1. The zero-order valence-electron chi connectivity index (χ0n) is 16.2. The van der Waals surface area contributed by atoms with Crippen molar-refractivity contribution in [1.29, 1.82) is 0 Å². The number of rotatable bonds is 10. The SMILES string of the molecule is BC(CC(C)C)(NC(=O)[C@H]1O[C@@H]1C(=O)OCC)C(=O)NCCC(C)C. The van der Waals surface area contributed by atoms with E-state index >= 15 is 0 Å². The molecule has 3 atom stereocenters. The highest BCUT2D eigenvalue weighted by Gasteiger charge is 2.53. The van der Waals surface area contributed by atoms with Gasteiger partial charge in [-0.2, -0.15) is 0 Å². The zero-order chi connectivity index (χ0) is 19.2. The molecule has 0 aromatic rings. The molecule has 1 fully saturated rings. The minimum absolute atomic E-state index is 0.210. The monoisotopic (exact) mass is 354 g/mol. The third-order valence-corrected chi connectivity index (χ3v) is 3.99. The Balaban J connectivity index is 2.67. The van der Waals surface area contributed by atoms with Crippen LogP contribution in [0.3, 0.4) is 0 Å². The number of nitrogens with one attached hydrogen (secondary N) is 2. The maximum atomic E-state index is 12.6. The first-order valence-corrected chi connectivity index (χ1v) is 9.03. The van der Waals surface area contributed by atoms with E-state index in [2.05, 4.69) is 24.5 Å². The van der Waals surface area contributed by atoms with Gasteiger partial charge in [0, 0.05) is 6.54 Å². The third kappa shape index (κ3) is 6.69.